The van der Waals surface area contributed by atoms with Crippen LogP contribution < -0.4 is 0 Å². The molecule has 0 fully saturated rings. The van der Waals surface area contributed by atoms with Crippen molar-refractivity contribution in [3.8, 4) is 0 Å². The minimum absolute atomic E-state index is 0.908. The van der Waals surface area contributed by atoms with E-state index in [1.165, 1.54) is 51.4 Å². The molecule has 0 heteroatoms. The van der Waals surface area contributed by atoms with Crippen molar-refractivity contribution in [1.82, 2.24) is 0 Å². The lowest BCUT2D eigenvalue weighted by Crippen LogP contribution is -2.13. The number of hydrogen-bond acceptors (Lipinski definition) is 0. The minimum atomic E-state index is 0.908. The van der Waals surface area contributed by atoms with E-state index >= 15 is 0 Å². The van der Waals surface area contributed by atoms with E-state index in [1.807, 2.05) is 0 Å². The molecule has 16 heavy (non-hydrogen) atoms. The molecule has 0 aromatic heterocycles. The van der Waals surface area contributed by atoms with Crippen molar-refractivity contribution < 1.29 is 0 Å². The molecule has 0 bridgehead atoms. The number of rotatable bonds is 10. The smallest absolute Gasteiger partial charge is 0.0412 e. The topological polar surface area (TPSA) is 0 Å². The average Bonchev–Trinajstić information content (AvgIpc) is 2.31. The Morgan fingerprint density at radius 1 is 0.750 bits per heavy atom. The quantitative estimate of drug-likeness (QED) is 0.425. The Bertz CT molecular complexity index is 131. The molecule has 2 atom stereocenters. The molecule has 0 aromatic rings. The largest absolute Gasteiger partial charge is 0.0654 e. The van der Waals surface area contributed by atoms with Crippen LogP contribution in [0.15, 0.2) is 0 Å². The van der Waals surface area contributed by atoms with Crippen LogP contribution >= 0.6 is 0 Å². The highest BCUT2D eigenvalue weighted by Crippen LogP contribution is 2.28. The van der Waals surface area contributed by atoms with Crippen LogP contribution in [-0.4, -0.2) is 0 Å². The maximum absolute atomic E-state index is 2.46. The molecule has 0 nitrogen and oxygen atoms in total. The van der Waals surface area contributed by atoms with E-state index in [0.717, 1.165) is 17.8 Å². The fraction of sp³-hybridized carbons (Fsp3) is 1.00. The van der Waals surface area contributed by atoms with E-state index in [1.54, 1.807) is 0 Å². The first-order chi connectivity index (χ1) is 7.65. The molecule has 0 radical (unpaired) electrons. The Hall–Kier alpha value is 0. The van der Waals surface area contributed by atoms with Crippen LogP contribution in [0.5, 0.6) is 0 Å². The van der Waals surface area contributed by atoms with Crippen molar-refractivity contribution in [3.05, 3.63) is 0 Å². The van der Waals surface area contributed by atoms with Gasteiger partial charge in [-0.05, 0) is 24.2 Å². The second-order valence-corrected chi connectivity index (χ2v) is 5.75. The maximum Gasteiger partial charge on any atom is -0.0412 e. The highest BCUT2D eigenvalue weighted by Gasteiger charge is 2.16. The molecule has 0 saturated carbocycles. The van der Waals surface area contributed by atoms with Crippen molar-refractivity contribution in [1.29, 1.82) is 0 Å². The van der Waals surface area contributed by atoms with Gasteiger partial charge in [0.15, 0.2) is 0 Å². The van der Waals surface area contributed by atoms with Crippen LogP contribution in [0, 0.1) is 17.8 Å². The van der Waals surface area contributed by atoms with Gasteiger partial charge in [0, 0.05) is 0 Å². The molecule has 0 aliphatic carbocycles. The summed E-state index contributed by atoms with van der Waals surface area (Å²) in [6.07, 6.45) is 11.3. The first-order valence-corrected chi connectivity index (χ1v) is 7.65. The Morgan fingerprint density at radius 2 is 1.25 bits per heavy atom. The molecular formula is C16H34. The van der Waals surface area contributed by atoms with Gasteiger partial charge in [-0.2, -0.15) is 0 Å². The standard InChI is InChI=1S/C16H34/c1-6-9-11-16(12-10-7-2)13-15(5)14(4)8-3/h14-16H,6-13H2,1-5H3. The number of unbranched alkanes of at least 4 members (excludes halogenated alkanes) is 2. The molecular weight excluding hydrogens is 192 g/mol. The van der Waals surface area contributed by atoms with Crippen molar-refractivity contribution in [2.45, 2.75) is 86.0 Å². The van der Waals surface area contributed by atoms with E-state index in [-0.39, 0.29) is 0 Å². The monoisotopic (exact) mass is 226 g/mol. The first kappa shape index (κ1) is 16.0. The molecule has 0 spiro atoms. The minimum Gasteiger partial charge on any atom is -0.0654 e. The molecule has 0 amide bonds. The molecule has 0 aromatic carbocycles. The Kier molecular flexibility index (Phi) is 10.2. The van der Waals surface area contributed by atoms with Crippen LogP contribution in [-0.2, 0) is 0 Å². The summed E-state index contributed by atoms with van der Waals surface area (Å²) in [4.78, 5) is 0. The Balaban J connectivity index is 3.96. The van der Waals surface area contributed by atoms with E-state index < -0.39 is 0 Å². The van der Waals surface area contributed by atoms with Crippen molar-refractivity contribution in [2.24, 2.45) is 17.8 Å². The zero-order valence-electron chi connectivity index (χ0n) is 12.4. The third-order valence-corrected chi connectivity index (χ3v) is 4.25. The summed E-state index contributed by atoms with van der Waals surface area (Å²) < 4.78 is 0. The Morgan fingerprint density at radius 3 is 1.62 bits per heavy atom. The van der Waals surface area contributed by atoms with Crippen molar-refractivity contribution in [3.63, 3.8) is 0 Å². The van der Waals surface area contributed by atoms with Gasteiger partial charge in [-0.3, -0.25) is 0 Å². The van der Waals surface area contributed by atoms with Crippen LogP contribution in [0.3, 0.4) is 0 Å². The molecule has 2 unspecified atom stereocenters. The summed E-state index contributed by atoms with van der Waals surface area (Å²) in [6, 6.07) is 0. The van der Waals surface area contributed by atoms with Crippen LogP contribution in [0.2, 0.25) is 0 Å². The van der Waals surface area contributed by atoms with E-state index in [9.17, 15) is 0 Å². The normalized spacial score (nSPS) is 15.4. The molecule has 0 N–H and O–H groups in total. The van der Waals surface area contributed by atoms with Gasteiger partial charge in [-0.25, -0.2) is 0 Å². The fourth-order valence-corrected chi connectivity index (χ4v) is 2.53. The summed E-state index contributed by atoms with van der Waals surface area (Å²) in [5.41, 5.74) is 0. The third kappa shape index (κ3) is 7.30. The summed E-state index contributed by atoms with van der Waals surface area (Å²) in [5.74, 6) is 2.83. The highest BCUT2D eigenvalue weighted by atomic mass is 14.2. The maximum atomic E-state index is 2.46. The number of hydrogen-bond donors (Lipinski definition) is 0. The van der Waals surface area contributed by atoms with E-state index in [4.69, 9.17) is 0 Å². The zero-order valence-corrected chi connectivity index (χ0v) is 12.4. The average molecular weight is 226 g/mol. The van der Waals surface area contributed by atoms with Gasteiger partial charge < -0.3 is 0 Å². The summed E-state index contributed by atoms with van der Waals surface area (Å²) >= 11 is 0. The SMILES string of the molecule is CCCCC(CCCC)CC(C)C(C)CC. The lowest BCUT2D eigenvalue weighted by Gasteiger charge is -2.24. The highest BCUT2D eigenvalue weighted by molar-refractivity contribution is 4.67. The van der Waals surface area contributed by atoms with Gasteiger partial charge in [0.1, 0.15) is 0 Å². The third-order valence-electron chi connectivity index (χ3n) is 4.25. The van der Waals surface area contributed by atoms with Gasteiger partial charge in [0.2, 0.25) is 0 Å². The molecule has 0 saturated heterocycles. The predicted molar refractivity (Wildman–Crippen MR) is 75.8 cm³/mol. The zero-order chi connectivity index (χ0) is 12.4. The van der Waals surface area contributed by atoms with Crippen LogP contribution in [0.1, 0.15) is 86.0 Å². The molecule has 0 aliphatic heterocycles. The summed E-state index contributed by atoms with van der Waals surface area (Å²) in [7, 11) is 0. The fourth-order valence-electron chi connectivity index (χ4n) is 2.53. The lowest BCUT2D eigenvalue weighted by molar-refractivity contribution is 0.270. The second-order valence-electron chi connectivity index (χ2n) is 5.75. The molecule has 98 valence electrons. The van der Waals surface area contributed by atoms with Crippen molar-refractivity contribution >= 4 is 0 Å². The van der Waals surface area contributed by atoms with Gasteiger partial charge in [-0.15, -0.1) is 0 Å². The van der Waals surface area contributed by atoms with Gasteiger partial charge in [0.05, 0.1) is 0 Å². The van der Waals surface area contributed by atoms with Gasteiger partial charge in [0.25, 0.3) is 0 Å². The van der Waals surface area contributed by atoms with Crippen LogP contribution in [0.4, 0.5) is 0 Å². The van der Waals surface area contributed by atoms with E-state index in [0.29, 0.717) is 0 Å². The summed E-state index contributed by atoms with van der Waals surface area (Å²) in [5, 5.41) is 0. The van der Waals surface area contributed by atoms with E-state index in [2.05, 4.69) is 34.6 Å². The lowest BCUT2D eigenvalue weighted by atomic mass is 9.81. The van der Waals surface area contributed by atoms with Crippen LogP contribution in [0.25, 0.3) is 0 Å². The predicted octanol–water partition coefficient (Wildman–Crippen LogP) is 6.06. The van der Waals surface area contributed by atoms with Crippen molar-refractivity contribution in [2.75, 3.05) is 0 Å². The Labute approximate surface area is 104 Å². The molecule has 0 rings (SSSR count). The van der Waals surface area contributed by atoms with Gasteiger partial charge >= 0.3 is 0 Å². The second kappa shape index (κ2) is 10.2. The molecule has 0 heterocycles. The first-order valence-electron chi connectivity index (χ1n) is 7.65. The molecule has 0 aliphatic rings. The summed E-state index contributed by atoms with van der Waals surface area (Å²) in [6.45, 7) is 11.8. The van der Waals surface area contributed by atoms with Gasteiger partial charge in [-0.1, -0.05) is 79.6 Å².